The highest BCUT2D eigenvalue weighted by atomic mass is 19.2. The Hall–Kier alpha value is -3.94. The number of anilines is 1. The standard InChI is InChI=1S/C22H14F3NO4/c23-16-10-11-17(20(25)19(16)24)26-18(27)12-30-22(29)15-9-5-4-8-14(15)21(28)13-6-2-1-3-7-13/h1-11H,12H2,(H,26,27). The zero-order valence-electron chi connectivity index (χ0n) is 15.3. The maximum absolute atomic E-state index is 13.6. The Morgan fingerprint density at radius 1 is 0.767 bits per heavy atom. The maximum atomic E-state index is 13.6. The van der Waals surface area contributed by atoms with E-state index in [1.807, 2.05) is 5.32 Å². The lowest BCUT2D eigenvalue weighted by Crippen LogP contribution is -2.22. The highest BCUT2D eigenvalue weighted by molar-refractivity contribution is 6.14. The van der Waals surface area contributed by atoms with Crippen molar-refractivity contribution in [1.29, 1.82) is 0 Å². The molecule has 0 bridgehead atoms. The number of halogens is 3. The Morgan fingerprint density at radius 3 is 2.10 bits per heavy atom. The normalized spacial score (nSPS) is 10.4. The molecule has 1 amide bonds. The number of hydrogen-bond acceptors (Lipinski definition) is 4. The lowest BCUT2D eigenvalue weighted by atomic mass is 9.98. The average molecular weight is 413 g/mol. The molecule has 0 atom stereocenters. The summed E-state index contributed by atoms with van der Waals surface area (Å²) in [5, 5.41) is 1.98. The van der Waals surface area contributed by atoms with Gasteiger partial charge in [0.1, 0.15) is 0 Å². The molecule has 3 aromatic rings. The molecule has 0 heterocycles. The monoisotopic (exact) mass is 413 g/mol. The Labute approximate surface area is 169 Å². The summed E-state index contributed by atoms with van der Waals surface area (Å²) in [6.45, 7) is -0.828. The minimum absolute atomic E-state index is 0.0573. The van der Waals surface area contributed by atoms with Gasteiger partial charge in [-0.3, -0.25) is 9.59 Å². The van der Waals surface area contributed by atoms with Gasteiger partial charge in [-0.05, 0) is 18.2 Å². The summed E-state index contributed by atoms with van der Waals surface area (Å²) < 4.78 is 44.7. The number of nitrogens with one attached hydrogen (secondary N) is 1. The fraction of sp³-hybridized carbons (Fsp3) is 0.0455. The molecule has 5 nitrogen and oxygen atoms in total. The predicted molar refractivity (Wildman–Crippen MR) is 102 cm³/mol. The molecule has 3 rings (SSSR count). The third-order valence-electron chi connectivity index (χ3n) is 4.07. The largest absolute Gasteiger partial charge is 0.452 e. The molecule has 0 aliphatic heterocycles. The van der Waals surface area contributed by atoms with E-state index >= 15 is 0 Å². The number of hydrogen-bond donors (Lipinski definition) is 1. The van der Waals surface area contributed by atoms with Crippen LogP contribution in [0, 0.1) is 17.5 Å². The number of ether oxygens (including phenoxy) is 1. The smallest absolute Gasteiger partial charge is 0.339 e. The molecular formula is C22H14F3NO4. The van der Waals surface area contributed by atoms with E-state index in [0.29, 0.717) is 11.6 Å². The van der Waals surface area contributed by atoms with Gasteiger partial charge < -0.3 is 10.1 Å². The molecular weight excluding hydrogens is 399 g/mol. The van der Waals surface area contributed by atoms with Gasteiger partial charge in [0.2, 0.25) is 0 Å². The van der Waals surface area contributed by atoms with E-state index in [1.165, 1.54) is 18.2 Å². The molecule has 0 aromatic heterocycles. The molecule has 0 saturated carbocycles. The summed E-state index contributed by atoms with van der Waals surface area (Å²) >= 11 is 0. The number of amides is 1. The Morgan fingerprint density at radius 2 is 1.40 bits per heavy atom. The van der Waals surface area contributed by atoms with Gasteiger partial charge in [0, 0.05) is 11.1 Å². The van der Waals surface area contributed by atoms with E-state index < -0.39 is 47.4 Å². The maximum Gasteiger partial charge on any atom is 0.339 e. The van der Waals surface area contributed by atoms with E-state index in [4.69, 9.17) is 4.74 Å². The molecule has 0 saturated heterocycles. The molecule has 3 aromatic carbocycles. The zero-order valence-corrected chi connectivity index (χ0v) is 15.3. The number of ketones is 1. The van der Waals surface area contributed by atoms with Crippen molar-refractivity contribution in [3.8, 4) is 0 Å². The quantitative estimate of drug-likeness (QED) is 0.375. The van der Waals surface area contributed by atoms with Crippen LogP contribution in [0.5, 0.6) is 0 Å². The molecule has 0 aliphatic carbocycles. The van der Waals surface area contributed by atoms with Gasteiger partial charge in [0.15, 0.2) is 29.8 Å². The molecule has 1 N–H and O–H groups in total. The van der Waals surface area contributed by atoms with Crippen LogP contribution < -0.4 is 5.32 Å². The lowest BCUT2D eigenvalue weighted by molar-refractivity contribution is -0.119. The highest BCUT2D eigenvalue weighted by Crippen LogP contribution is 2.20. The molecule has 30 heavy (non-hydrogen) atoms. The molecule has 0 aliphatic rings. The van der Waals surface area contributed by atoms with Gasteiger partial charge in [0.25, 0.3) is 5.91 Å². The average Bonchev–Trinajstić information content (AvgIpc) is 2.78. The first-order chi connectivity index (χ1) is 14.4. The summed E-state index contributed by atoms with van der Waals surface area (Å²) in [5.74, 6) is -7.05. The van der Waals surface area contributed by atoms with Crippen molar-refractivity contribution in [2.75, 3.05) is 11.9 Å². The van der Waals surface area contributed by atoms with Crippen LogP contribution in [0.4, 0.5) is 18.9 Å². The fourth-order valence-electron chi connectivity index (χ4n) is 2.62. The van der Waals surface area contributed by atoms with Crippen LogP contribution >= 0.6 is 0 Å². The molecule has 152 valence electrons. The topological polar surface area (TPSA) is 72.5 Å². The third-order valence-corrected chi connectivity index (χ3v) is 4.07. The van der Waals surface area contributed by atoms with Crippen molar-refractivity contribution in [2.45, 2.75) is 0 Å². The summed E-state index contributed by atoms with van der Waals surface area (Å²) in [7, 11) is 0. The molecule has 0 fully saturated rings. The van der Waals surface area contributed by atoms with E-state index in [9.17, 15) is 27.6 Å². The number of carbonyl (C=O) groups excluding carboxylic acids is 3. The molecule has 0 unspecified atom stereocenters. The van der Waals surface area contributed by atoms with E-state index in [0.717, 1.165) is 6.07 Å². The number of carbonyl (C=O) groups is 3. The predicted octanol–water partition coefficient (Wildman–Crippen LogP) is 4.13. The summed E-state index contributed by atoms with van der Waals surface area (Å²) in [6, 6.07) is 15.7. The third kappa shape index (κ3) is 4.54. The minimum atomic E-state index is -1.74. The van der Waals surface area contributed by atoms with Crippen molar-refractivity contribution in [3.63, 3.8) is 0 Å². The van der Waals surface area contributed by atoms with E-state index in [1.54, 1.807) is 36.4 Å². The van der Waals surface area contributed by atoms with Crippen LogP contribution in [0.1, 0.15) is 26.3 Å². The second-order valence-corrected chi connectivity index (χ2v) is 6.09. The van der Waals surface area contributed by atoms with Crippen LogP contribution in [-0.4, -0.2) is 24.3 Å². The van der Waals surface area contributed by atoms with Gasteiger partial charge in [-0.15, -0.1) is 0 Å². The first-order valence-corrected chi connectivity index (χ1v) is 8.67. The SMILES string of the molecule is O=C(COC(=O)c1ccccc1C(=O)c1ccccc1)Nc1ccc(F)c(F)c1F. The van der Waals surface area contributed by atoms with Crippen LogP contribution in [0.3, 0.4) is 0 Å². The Bertz CT molecular complexity index is 1120. The van der Waals surface area contributed by atoms with Crippen molar-refractivity contribution in [1.82, 2.24) is 0 Å². The van der Waals surface area contributed by atoms with Gasteiger partial charge in [-0.25, -0.2) is 18.0 Å². The van der Waals surface area contributed by atoms with Gasteiger partial charge in [-0.1, -0.05) is 48.5 Å². The fourth-order valence-corrected chi connectivity index (χ4v) is 2.62. The van der Waals surface area contributed by atoms with E-state index in [2.05, 4.69) is 0 Å². The van der Waals surface area contributed by atoms with Crippen LogP contribution in [0.2, 0.25) is 0 Å². The Balaban J connectivity index is 1.69. The number of benzene rings is 3. The molecule has 8 heteroatoms. The van der Waals surface area contributed by atoms with Crippen molar-refractivity contribution < 1.29 is 32.3 Å². The second-order valence-electron chi connectivity index (χ2n) is 6.09. The minimum Gasteiger partial charge on any atom is -0.452 e. The van der Waals surface area contributed by atoms with Crippen molar-refractivity contribution in [3.05, 3.63) is 101 Å². The summed E-state index contributed by atoms with van der Waals surface area (Å²) in [6.07, 6.45) is 0. The van der Waals surface area contributed by atoms with Crippen molar-refractivity contribution >= 4 is 23.3 Å². The summed E-state index contributed by atoms with van der Waals surface area (Å²) in [5.41, 5.74) is -0.210. The van der Waals surface area contributed by atoms with E-state index in [-0.39, 0.29) is 11.1 Å². The van der Waals surface area contributed by atoms with Gasteiger partial charge in [0.05, 0.1) is 11.3 Å². The summed E-state index contributed by atoms with van der Waals surface area (Å²) in [4.78, 5) is 36.9. The lowest BCUT2D eigenvalue weighted by Gasteiger charge is -2.10. The first kappa shape index (κ1) is 20.8. The van der Waals surface area contributed by atoms with Crippen LogP contribution in [0.25, 0.3) is 0 Å². The van der Waals surface area contributed by atoms with Gasteiger partial charge in [-0.2, -0.15) is 0 Å². The van der Waals surface area contributed by atoms with Gasteiger partial charge >= 0.3 is 5.97 Å². The van der Waals surface area contributed by atoms with Crippen molar-refractivity contribution in [2.24, 2.45) is 0 Å². The number of esters is 1. The number of rotatable bonds is 6. The first-order valence-electron chi connectivity index (χ1n) is 8.67. The van der Waals surface area contributed by atoms with Crippen LogP contribution in [-0.2, 0) is 9.53 Å². The molecule has 0 radical (unpaired) electrons. The highest BCUT2D eigenvalue weighted by Gasteiger charge is 2.20. The van der Waals surface area contributed by atoms with Crippen LogP contribution in [0.15, 0.2) is 66.7 Å². The molecule has 0 spiro atoms. The second kappa shape index (κ2) is 9.04. The Kier molecular flexibility index (Phi) is 6.26. The zero-order chi connectivity index (χ0) is 21.7.